The highest BCUT2D eigenvalue weighted by Gasteiger charge is 2.36. The summed E-state index contributed by atoms with van der Waals surface area (Å²) in [6.07, 6.45) is 0. The summed E-state index contributed by atoms with van der Waals surface area (Å²) < 4.78 is 5.39. The van der Waals surface area contributed by atoms with Crippen LogP contribution in [0.1, 0.15) is 11.5 Å². The maximum Gasteiger partial charge on any atom is 0.320 e. The first-order valence-electron chi connectivity index (χ1n) is 5.75. The number of urea groups is 1. The molecule has 0 radical (unpaired) electrons. The van der Waals surface area contributed by atoms with Gasteiger partial charge < -0.3 is 19.3 Å². The predicted octanol–water partition coefficient (Wildman–Crippen LogP) is 1.16. The maximum absolute atomic E-state index is 11.9. The lowest BCUT2D eigenvalue weighted by atomic mass is 10.0. The molecule has 0 saturated carbocycles. The lowest BCUT2D eigenvalue weighted by Gasteiger charge is -2.38. The van der Waals surface area contributed by atoms with Crippen molar-refractivity contribution in [3.8, 4) is 0 Å². The summed E-state index contributed by atoms with van der Waals surface area (Å²) >= 11 is 0. The molecule has 0 unspecified atom stereocenters. The molecule has 0 spiro atoms. The van der Waals surface area contributed by atoms with Gasteiger partial charge in [-0.3, -0.25) is 4.79 Å². The molecule has 2 rings (SSSR count). The van der Waals surface area contributed by atoms with E-state index < -0.39 is 11.9 Å². The van der Waals surface area contributed by atoms with Crippen molar-refractivity contribution < 1.29 is 19.1 Å². The molecule has 1 aliphatic rings. The van der Waals surface area contributed by atoms with E-state index in [9.17, 15) is 9.59 Å². The highest BCUT2D eigenvalue weighted by Crippen LogP contribution is 2.18. The van der Waals surface area contributed by atoms with E-state index >= 15 is 0 Å². The number of aliphatic carboxylic acids is 1. The highest BCUT2D eigenvalue weighted by molar-refractivity contribution is 5.79. The summed E-state index contributed by atoms with van der Waals surface area (Å²) in [6.45, 7) is 2.81. The average molecular weight is 252 g/mol. The van der Waals surface area contributed by atoms with Crippen molar-refractivity contribution in [2.24, 2.45) is 5.92 Å². The Balaban J connectivity index is 1.85. The SMILES string of the molecule is Cc1ccc(CN(C)C(=O)N2CC(C(=O)O)C2)o1. The van der Waals surface area contributed by atoms with Crippen molar-refractivity contribution in [2.45, 2.75) is 13.5 Å². The number of likely N-dealkylation sites (tertiary alicyclic amines) is 1. The van der Waals surface area contributed by atoms with Crippen LogP contribution in [0.15, 0.2) is 16.5 Å². The van der Waals surface area contributed by atoms with Gasteiger partial charge in [-0.2, -0.15) is 0 Å². The Kier molecular flexibility index (Phi) is 3.27. The van der Waals surface area contributed by atoms with Crippen molar-refractivity contribution in [2.75, 3.05) is 20.1 Å². The predicted molar refractivity (Wildman–Crippen MR) is 63.0 cm³/mol. The first kappa shape index (κ1) is 12.5. The number of hydrogen-bond acceptors (Lipinski definition) is 3. The van der Waals surface area contributed by atoms with Gasteiger partial charge in [0.25, 0.3) is 0 Å². The van der Waals surface area contributed by atoms with Crippen molar-refractivity contribution in [1.29, 1.82) is 0 Å². The lowest BCUT2D eigenvalue weighted by molar-refractivity contribution is -0.146. The monoisotopic (exact) mass is 252 g/mol. The van der Waals surface area contributed by atoms with Gasteiger partial charge in [-0.15, -0.1) is 0 Å². The zero-order valence-electron chi connectivity index (χ0n) is 10.4. The number of carboxylic acids is 1. The van der Waals surface area contributed by atoms with E-state index in [1.807, 2.05) is 19.1 Å². The number of aryl methyl sites for hydroxylation is 1. The standard InChI is InChI=1S/C12H16N2O4/c1-8-3-4-10(18-8)7-13(2)12(17)14-5-9(6-14)11(15)16/h3-4,9H,5-7H2,1-2H3,(H,15,16). The molecule has 6 nitrogen and oxygen atoms in total. The van der Waals surface area contributed by atoms with Crippen LogP contribution in [-0.2, 0) is 11.3 Å². The molecule has 1 saturated heterocycles. The molecule has 1 aromatic heterocycles. The van der Waals surface area contributed by atoms with Crippen LogP contribution in [0.5, 0.6) is 0 Å². The minimum Gasteiger partial charge on any atom is -0.481 e. The Labute approximate surface area is 105 Å². The van der Waals surface area contributed by atoms with Gasteiger partial charge in [0.05, 0.1) is 12.5 Å². The molecule has 18 heavy (non-hydrogen) atoms. The molecule has 0 aromatic carbocycles. The van der Waals surface area contributed by atoms with E-state index in [0.29, 0.717) is 6.54 Å². The molecule has 2 heterocycles. The average Bonchev–Trinajstić information content (AvgIpc) is 2.60. The molecule has 0 atom stereocenters. The molecule has 1 aromatic rings. The largest absolute Gasteiger partial charge is 0.481 e. The van der Waals surface area contributed by atoms with E-state index in [2.05, 4.69) is 0 Å². The number of hydrogen-bond donors (Lipinski definition) is 1. The van der Waals surface area contributed by atoms with Crippen molar-refractivity contribution >= 4 is 12.0 Å². The normalized spacial score (nSPS) is 15.3. The van der Waals surface area contributed by atoms with Gasteiger partial charge in [-0.05, 0) is 19.1 Å². The van der Waals surface area contributed by atoms with Crippen LogP contribution in [0.2, 0.25) is 0 Å². The third-order valence-corrected chi connectivity index (χ3v) is 3.02. The summed E-state index contributed by atoms with van der Waals surface area (Å²) in [5.41, 5.74) is 0. The molecule has 1 fully saturated rings. The number of rotatable bonds is 3. The van der Waals surface area contributed by atoms with E-state index in [-0.39, 0.29) is 19.1 Å². The van der Waals surface area contributed by atoms with Gasteiger partial charge in [-0.1, -0.05) is 0 Å². The summed E-state index contributed by atoms with van der Waals surface area (Å²) in [4.78, 5) is 25.6. The van der Waals surface area contributed by atoms with Crippen LogP contribution in [0.4, 0.5) is 4.79 Å². The van der Waals surface area contributed by atoms with Crippen LogP contribution in [0.25, 0.3) is 0 Å². The van der Waals surface area contributed by atoms with Crippen molar-refractivity contribution in [3.05, 3.63) is 23.7 Å². The molecule has 1 N–H and O–H groups in total. The molecule has 2 amide bonds. The highest BCUT2D eigenvalue weighted by atomic mass is 16.4. The van der Waals surface area contributed by atoms with Crippen LogP contribution in [0, 0.1) is 12.8 Å². The third kappa shape index (κ3) is 2.47. The summed E-state index contributed by atoms with van der Waals surface area (Å²) in [6, 6.07) is 3.51. The minimum absolute atomic E-state index is 0.165. The number of carbonyl (C=O) groups excluding carboxylic acids is 1. The van der Waals surface area contributed by atoms with Crippen molar-refractivity contribution in [1.82, 2.24) is 9.80 Å². The molecule has 6 heteroatoms. The van der Waals surface area contributed by atoms with Gasteiger partial charge in [0.1, 0.15) is 11.5 Å². The Morgan fingerprint density at radius 1 is 1.50 bits per heavy atom. The minimum atomic E-state index is -0.844. The van der Waals surface area contributed by atoms with Crippen LogP contribution >= 0.6 is 0 Å². The zero-order chi connectivity index (χ0) is 13.3. The zero-order valence-corrected chi connectivity index (χ0v) is 10.4. The van der Waals surface area contributed by atoms with Gasteiger partial charge in [-0.25, -0.2) is 4.79 Å². The van der Waals surface area contributed by atoms with E-state index in [1.165, 1.54) is 9.80 Å². The Bertz CT molecular complexity index is 462. The maximum atomic E-state index is 11.9. The molecule has 1 aliphatic heterocycles. The quantitative estimate of drug-likeness (QED) is 0.875. The number of furan rings is 1. The molecular formula is C12H16N2O4. The van der Waals surface area contributed by atoms with E-state index in [1.54, 1.807) is 7.05 Å². The number of nitrogens with zero attached hydrogens (tertiary/aromatic N) is 2. The number of carbonyl (C=O) groups is 2. The summed E-state index contributed by atoms with van der Waals surface area (Å²) in [7, 11) is 1.67. The van der Waals surface area contributed by atoms with E-state index in [4.69, 9.17) is 9.52 Å². The van der Waals surface area contributed by atoms with Gasteiger partial charge in [0.15, 0.2) is 0 Å². The second-order valence-corrected chi connectivity index (χ2v) is 4.59. The molecular weight excluding hydrogens is 236 g/mol. The lowest BCUT2D eigenvalue weighted by Crippen LogP contribution is -2.56. The molecule has 98 valence electrons. The Hall–Kier alpha value is -1.98. The number of amides is 2. The van der Waals surface area contributed by atoms with Gasteiger partial charge in [0, 0.05) is 20.1 Å². The van der Waals surface area contributed by atoms with Crippen LogP contribution in [0.3, 0.4) is 0 Å². The smallest absolute Gasteiger partial charge is 0.320 e. The van der Waals surface area contributed by atoms with Crippen LogP contribution < -0.4 is 0 Å². The first-order chi connectivity index (χ1) is 8.47. The topological polar surface area (TPSA) is 74.0 Å². The third-order valence-electron chi connectivity index (χ3n) is 3.02. The fourth-order valence-electron chi connectivity index (χ4n) is 1.90. The van der Waals surface area contributed by atoms with Gasteiger partial charge >= 0.3 is 12.0 Å². The van der Waals surface area contributed by atoms with Gasteiger partial charge in [0.2, 0.25) is 0 Å². The molecule has 0 bridgehead atoms. The fourth-order valence-corrected chi connectivity index (χ4v) is 1.90. The Morgan fingerprint density at radius 2 is 2.17 bits per heavy atom. The van der Waals surface area contributed by atoms with E-state index in [0.717, 1.165) is 11.5 Å². The van der Waals surface area contributed by atoms with Crippen molar-refractivity contribution in [3.63, 3.8) is 0 Å². The Morgan fingerprint density at radius 3 is 2.67 bits per heavy atom. The fraction of sp³-hybridized carbons (Fsp3) is 0.500. The second-order valence-electron chi connectivity index (χ2n) is 4.59. The molecule has 0 aliphatic carbocycles. The second kappa shape index (κ2) is 4.72. The first-order valence-corrected chi connectivity index (χ1v) is 5.75. The summed E-state index contributed by atoms with van der Waals surface area (Å²) in [5.74, 6) is 0.260. The summed E-state index contributed by atoms with van der Waals surface area (Å²) in [5, 5.41) is 8.74. The van der Waals surface area contributed by atoms with Crippen LogP contribution in [-0.4, -0.2) is 47.0 Å². The number of carboxylic acid groups (broad SMARTS) is 1.